The first-order valence-corrected chi connectivity index (χ1v) is 6.97. The lowest BCUT2D eigenvalue weighted by molar-refractivity contribution is -0.0670. The standard InChI is InChI=1S/C12H17N3O2S/c1-7-9(10(18-4)14-8(2)13-7)11(16)15-5-12(3,17)6-15/h17H,5-6H2,1-4H3. The van der Waals surface area contributed by atoms with Crippen LogP contribution in [0.2, 0.25) is 0 Å². The molecule has 5 nitrogen and oxygen atoms in total. The Balaban J connectivity index is 2.31. The summed E-state index contributed by atoms with van der Waals surface area (Å²) in [5, 5.41) is 10.4. The molecule has 1 aliphatic rings. The summed E-state index contributed by atoms with van der Waals surface area (Å²) in [5.74, 6) is 0.576. The van der Waals surface area contributed by atoms with Gasteiger partial charge in [-0.3, -0.25) is 4.79 Å². The summed E-state index contributed by atoms with van der Waals surface area (Å²) in [6.07, 6.45) is 1.89. The molecule has 1 saturated heterocycles. The van der Waals surface area contributed by atoms with Gasteiger partial charge in [-0.15, -0.1) is 11.8 Å². The second-order valence-electron chi connectivity index (χ2n) is 4.90. The molecule has 98 valence electrons. The number of aliphatic hydroxyl groups is 1. The fourth-order valence-electron chi connectivity index (χ4n) is 2.15. The van der Waals surface area contributed by atoms with Crippen molar-refractivity contribution in [1.82, 2.24) is 14.9 Å². The molecule has 0 atom stereocenters. The molecule has 0 aliphatic carbocycles. The first-order chi connectivity index (χ1) is 8.34. The summed E-state index contributed by atoms with van der Waals surface area (Å²) in [4.78, 5) is 22.5. The fraction of sp³-hybridized carbons (Fsp3) is 0.583. The molecule has 0 saturated carbocycles. The van der Waals surface area contributed by atoms with Crippen molar-refractivity contribution in [3.05, 3.63) is 17.1 Å². The van der Waals surface area contributed by atoms with Crippen LogP contribution in [0.1, 0.15) is 28.8 Å². The van der Waals surface area contributed by atoms with Crippen LogP contribution in [0.25, 0.3) is 0 Å². The predicted octanol–water partition coefficient (Wildman–Crippen LogP) is 1.02. The number of carbonyl (C=O) groups excluding carboxylic acids is 1. The number of β-amino-alcohol motifs (C(OH)–C–C–N with tert-alkyl or cyclic N) is 1. The van der Waals surface area contributed by atoms with E-state index in [2.05, 4.69) is 9.97 Å². The lowest BCUT2D eigenvalue weighted by Crippen LogP contribution is -2.61. The zero-order valence-corrected chi connectivity index (χ0v) is 11.8. The molecule has 0 spiro atoms. The summed E-state index contributed by atoms with van der Waals surface area (Å²) < 4.78 is 0. The van der Waals surface area contributed by atoms with Gasteiger partial charge >= 0.3 is 0 Å². The Morgan fingerprint density at radius 2 is 2.00 bits per heavy atom. The highest BCUT2D eigenvalue weighted by atomic mass is 32.2. The third-order valence-corrected chi connectivity index (χ3v) is 3.61. The van der Waals surface area contributed by atoms with E-state index in [1.807, 2.05) is 20.1 Å². The maximum atomic E-state index is 12.3. The van der Waals surface area contributed by atoms with Crippen molar-refractivity contribution in [1.29, 1.82) is 0 Å². The number of hydrogen-bond donors (Lipinski definition) is 1. The van der Waals surface area contributed by atoms with Gasteiger partial charge in [-0.25, -0.2) is 9.97 Å². The van der Waals surface area contributed by atoms with Crippen LogP contribution in [0.3, 0.4) is 0 Å². The Morgan fingerprint density at radius 1 is 1.39 bits per heavy atom. The van der Waals surface area contributed by atoms with Crippen molar-refractivity contribution in [3.8, 4) is 0 Å². The number of rotatable bonds is 2. The van der Waals surface area contributed by atoms with Crippen molar-refractivity contribution >= 4 is 17.7 Å². The monoisotopic (exact) mass is 267 g/mol. The van der Waals surface area contributed by atoms with E-state index in [4.69, 9.17) is 0 Å². The molecule has 1 amide bonds. The number of likely N-dealkylation sites (tertiary alicyclic amines) is 1. The second-order valence-corrected chi connectivity index (χ2v) is 5.69. The maximum absolute atomic E-state index is 12.3. The van der Waals surface area contributed by atoms with E-state index in [0.717, 1.165) is 0 Å². The van der Waals surface area contributed by atoms with E-state index >= 15 is 0 Å². The third kappa shape index (κ3) is 2.35. The first-order valence-electron chi connectivity index (χ1n) is 5.75. The molecule has 0 radical (unpaired) electrons. The van der Waals surface area contributed by atoms with Gasteiger partial charge in [-0.1, -0.05) is 0 Å². The van der Waals surface area contributed by atoms with Crippen LogP contribution in [0.15, 0.2) is 5.03 Å². The molecule has 18 heavy (non-hydrogen) atoms. The summed E-state index contributed by atoms with van der Waals surface area (Å²) in [5.41, 5.74) is 0.501. The predicted molar refractivity (Wildman–Crippen MR) is 69.8 cm³/mol. The van der Waals surface area contributed by atoms with E-state index in [1.165, 1.54) is 11.8 Å². The van der Waals surface area contributed by atoms with E-state index in [1.54, 1.807) is 11.8 Å². The van der Waals surface area contributed by atoms with Crippen LogP contribution in [0.5, 0.6) is 0 Å². The first kappa shape index (κ1) is 13.3. The molecule has 2 heterocycles. The Morgan fingerprint density at radius 3 is 2.50 bits per heavy atom. The lowest BCUT2D eigenvalue weighted by atomic mass is 9.96. The van der Waals surface area contributed by atoms with Crippen LogP contribution < -0.4 is 0 Å². The number of carbonyl (C=O) groups is 1. The van der Waals surface area contributed by atoms with Gasteiger partial charge in [0.1, 0.15) is 10.9 Å². The van der Waals surface area contributed by atoms with Gasteiger partial charge in [0, 0.05) is 0 Å². The molecule has 2 rings (SSSR count). The van der Waals surface area contributed by atoms with E-state index in [-0.39, 0.29) is 5.91 Å². The van der Waals surface area contributed by atoms with Crippen LogP contribution >= 0.6 is 11.8 Å². The number of amides is 1. The molecule has 1 fully saturated rings. The third-order valence-electron chi connectivity index (χ3n) is 2.93. The largest absolute Gasteiger partial charge is 0.386 e. The number of hydrogen-bond acceptors (Lipinski definition) is 5. The van der Waals surface area contributed by atoms with Gasteiger partial charge in [0.25, 0.3) is 5.91 Å². The Labute approximate surface area is 111 Å². The van der Waals surface area contributed by atoms with Crippen molar-refractivity contribution < 1.29 is 9.90 Å². The molecule has 1 N–H and O–H groups in total. The maximum Gasteiger partial charge on any atom is 0.258 e. The van der Waals surface area contributed by atoms with Crippen molar-refractivity contribution in [2.24, 2.45) is 0 Å². The number of thioether (sulfide) groups is 1. The highest BCUT2D eigenvalue weighted by Crippen LogP contribution is 2.27. The van der Waals surface area contributed by atoms with Crippen molar-refractivity contribution in [2.45, 2.75) is 31.4 Å². The van der Waals surface area contributed by atoms with Gasteiger partial charge in [0.2, 0.25) is 0 Å². The SMILES string of the molecule is CSc1nc(C)nc(C)c1C(=O)N1CC(C)(O)C1. The minimum Gasteiger partial charge on any atom is -0.386 e. The highest BCUT2D eigenvalue weighted by molar-refractivity contribution is 7.98. The lowest BCUT2D eigenvalue weighted by Gasteiger charge is -2.44. The highest BCUT2D eigenvalue weighted by Gasteiger charge is 2.40. The normalized spacial score (nSPS) is 17.5. The van der Waals surface area contributed by atoms with E-state index in [0.29, 0.717) is 35.2 Å². The summed E-state index contributed by atoms with van der Waals surface area (Å²) in [6, 6.07) is 0. The smallest absolute Gasteiger partial charge is 0.258 e. The van der Waals surface area contributed by atoms with Crippen molar-refractivity contribution in [2.75, 3.05) is 19.3 Å². The number of aryl methyl sites for hydroxylation is 2. The van der Waals surface area contributed by atoms with Gasteiger partial charge in [0.15, 0.2) is 0 Å². The fourth-order valence-corrected chi connectivity index (χ4v) is 2.82. The summed E-state index contributed by atoms with van der Waals surface area (Å²) >= 11 is 1.44. The van der Waals surface area contributed by atoms with Gasteiger partial charge in [-0.05, 0) is 27.0 Å². The molecule has 1 aromatic heterocycles. The molecular formula is C12H17N3O2S. The number of aromatic nitrogens is 2. The molecule has 0 bridgehead atoms. The van der Waals surface area contributed by atoms with E-state index < -0.39 is 5.60 Å². The van der Waals surface area contributed by atoms with Gasteiger partial charge in [0.05, 0.1) is 29.9 Å². The summed E-state index contributed by atoms with van der Waals surface area (Å²) in [6.45, 7) is 6.10. The van der Waals surface area contributed by atoms with E-state index in [9.17, 15) is 9.90 Å². The Bertz CT molecular complexity index is 494. The zero-order valence-electron chi connectivity index (χ0n) is 11.0. The van der Waals surface area contributed by atoms with Crippen LogP contribution in [0.4, 0.5) is 0 Å². The molecule has 1 aliphatic heterocycles. The Kier molecular flexibility index (Phi) is 3.33. The minimum atomic E-state index is -0.755. The van der Waals surface area contributed by atoms with Crippen molar-refractivity contribution in [3.63, 3.8) is 0 Å². The summed E-state index contributed by atoms with van der Waals surface area (Å²) in [7, 11) is 0. The molecular weight excluding hydrogens is 250 g/mol. The van der Waals surface area contributed by atoms with Gasteiger partial charge in [-0.2, -0.15) is 0 Å². The van der Waals surface area contributed by atoms with Crippen LogP contribution in [0, 0.1) is 13.8 Å². The average Bonchev–Trinajstić information content (AvgIpc) is 2.23. The van der Waals surface area contributed by atoms with Gasteiger partial charge < -0.3 is 10.0 Å². The quantitative estimate of drug-likeness (QED) is 0.640. The molecule has 0 aromatic carbocycles. The number of nitrogens with zero attached hydrogens (tertiary/aromatic N) is 3. The van der Waals surface area contributed by atoms with Crippen LogP contribution in [-0.4, -0.2) is 50.8 Å². The molecule has 0 unspecified atom stereocenters. The Hall–Kier alpha value is -1.14. The second kappa shape index (κ2) is 4.51. The zero-order chi connectivity index (χ0) is 13.5. The average molecular weight is 267 g/mol. The van der Waals surface area contributed by atoms with Crippen LogP contribution in [-0.2, 0) is 0 Å². The molecule has 6 heteroatoms. The molecule has 1 aromatic rings. The topological polar surface area (TPSA) is 66.3 Å². The minimum absolute atomic E-state index is 0.0941.